The summed E-state index contributed by atoms with van der Waals surface area (Å²) in [7, 11) is -2.05. The molecule has 2 aromatic carbocycles. The van der Waals surface area contributed by atoms with Crippen molar-refractivity contribution in [1.82, 2.24) is 34.1 Å². The minimum atomic E-state index is -3.88. The summed E-state index contributed by atoms with van der Waals surface area (Å²) < 4.78 is 38.9. The Labute approximate surface area is 269 Å². The zero-order chi connectivity index (χ0) is 32.6. The number of Topliss-reactive ketones (excluding diaryl/α,β-unsaturated/α-hetero) is 1. The molecule has 6 rings (SSSR count). The third kappa shape index (κ3) is 5.94. The van der Waals surface area contributed by atoms with Gasteiger partial charge < -0.3 is 4.74 Å². The number of rotatable bonds is 10. The number of ether oxygens (including phenoxy) is 1. The van der Waals surface area contributed by atoms with Gasteiger partial charge in [-0.3, -0.25) is 9.48 Å². The number of hydrogen-bond donors (Lipinski definition) is 0. The van der Waals surface area contributed by atoms with Crippen LogP contribution in [0.25, 0.3) is 11.0 Å². The first-order valence-corrected chi connectivity index (χ1v) is 17.1. The Balaban J connectivity index is 1.40. The van der Waals surface area contributed by atoms with E-state index in [4.69, 9.17) is 4.74 Å². The first-order chi connectivity index (χ1) is 22.1. The van der Waals surface area contributed by atoms with E-state index in [-0.39, 0.29) is 54.5 Å². The third-order valence-electron chi connectivity index (χ3n) is 9.01. The molecule has 12 heteroatoms. The van der Waals surface area contributed by atoms with Gasteiger partial charge in [0.1, 0.15) is 22.3 Å². The van der Waals surface area contributed by atoms with Crippen molar-refractivity contribution in [2.75, 3.05) is 6.54 Å². The predicted octanol–water partition coefficient (Wildman–Crippen LogP) is 4.89. The fraction of sp³-hybridized carbons (Fsp3) is 0.382. The Hall–Kier alpha value is -4.42. The highest BCUT2D eigenvalue weighted by molar-refractivity contribution is 7.89. The summed E-state index contributed by atoms with van der Waals surface area (Å²) in [4.78, 5) is 17.9. The van der Waals surface area contributed by atoms with Crippen LogP contribution in [0, 0.1) is 13.8 Å². The topological polar surface area (TPSA) is 125 Å². The van der Waals surface area contributed by atoms with Crippen molar-refractivity contribution in [3.05, 3.63) is 94.4 Å². The number of fused-ring (bicyclic) bond motifs is 2. The van der Waals surface area contributed by atoms with Crippen molar-refractivity contribution in [3.63, 3.8) is 0 Å². The zero-order valence-electron chi connectivity index (χ0n) is 26.8. The van der Waals surface area contributed by atoms with E-state index >= 15 is 0 Å². The molecule has 0 bridgehead atoms. The number of hydrogen-bond acceptors (Lipinski definition) is 8. The van der Waals surface area contributed by atoms with Gasteiger partial charge >= 0.3 is 0 Å². The lowest BCUT2D eigenvalue weighted by Gasteiger charge is -2.25. The number of aryl methyl sites for hydroxylation is 4. The smallest absolute Gasteiger partial charge is 0.248 e. The summed E-state index contributed by atoms with van der Waals surface area (Å²) >= 11 is 0. The second kappa shape index (κ2) is 12.8. The van der Waals surface area contributed by atoms with E-state index in [2.05, 4.69) is 32.5 Å². The first-order valence-electron chi connectivity index (χ1n) is 15.6. The number of aromatic nitrogens is 6. The number of ketones is 1. The maximum atomic E-state index is 13.9. The van der Waals surface area contributed by atoms with Crippen LogP contribution in [0.15, 0.2) is 65.8 Å². The predicted molar refractivity (Wildman–Crippen MR) is 174 cm³/mol. The average molecular weight is 642 g/mol. The number of sulfonamides is 1. The van der Waals surface area contributed by atoms with Gasteiger partial charge in [-0.05, 0) is 79.3 Å². The standard InChI is InChI=1S/C34H39N7O4S/c1-6-28-21-40(46(43,44)32-9-8-15-35-34(32)45-28)20-25-17-24(11-10-22(25)3)30(19-27(42)18-26-14-16-36-39(26)5)29-12-13-31-33(23(29)4)37-38-41(31)7-2/h8-17,28,30H,6-7,18-21H2,1-5H3/t28-,30+/m1/s1. The summed E-state index contributed by atoms with van der Waals surface area (Å²) in [5.74, 6) is -0.0663. The zero-order valence-corrected chi connectivity index (χ0v) is 27.7. The normalized spacial score (nSPS) is 16.9. The Morgan fingerprint density at radius 1 is 1.09 bits per heavy atom. The molecule has 5 aromatic rings. The number of carbonyl (C=O) groups is 1. The molecule has 0 fully saturated rings. The molecule has 11 nitrogen and oxygen atoms in total. The van der Waals surface area contributed by atoms with E-state index < -0.39 is 10.0 Å². The van der Waals surface area contributed by atoms with Crippen molar-refractivity contribution in [2.45, 2.75) is 77.0 Å². The van der Waals surface area contributed by atoms with E-state index in [1.165, 1.54) is 4.31 Å². The van der Waals surface area contributed by atoms with Crippen LogP contribution in [0.4, 0.5) is 0 Å². The van der Waals surface area contributed by atoms with Crippen LogP contribution >= 0.6 is 0 Å². The highest BCUT2D eigenvalue weighted by Crippen LogP contribution is 2.36. The second-order valence-electron chi connectivity index (χ2n) is 11.9. The first kappa shape index (κ1) is 31.6. The van der Waals surface area contributed by atoms with E-state index in [9.17, 15) is 13.2 Å². The van der Waals surface area contributed by atoms with Gasteiger partial charge in [0.05, 0.1) is 12.1 Å². The fourth-order valence-electron chi connectivity index (χ4n) is 6.23. The van der Waals surface area contributed by atoms with Gasteiger partial charge in [0, 0.05) is 57.0 Å². The maximum absolute atomic E-state index is 13.9. The van der Waals surface area contributed by atoms with Gasteiger partial charge in [-0.2, -0.15) is 9.40 Å². The van der Waals surface area contributed by atoms with Crippen molar-refractivity contribution < 1.29 is 17.9 Å². The van der Waals surface area contributed by atoms with Gasteiger partial charge in [-0.15, -0.1) is 5.10 Å². The molecule has 0 aliphatic carbocycles. The number of benzene rings is 2. The molecule has 46 heavy (non-hydrogen) atoms. The summed E-state index contributed by atoms with van der Waals surface area (Å²) in [6, 6.07) is 15.2. The Morgan fingerprint density at radius 3 is 2.65 bits per heavy atom. The summed E-state index contributed by atoms with van der Waals surface area (Å²) in [5.41, 5.74) is 7.32. The number of nitrogens with zero attached hydrogens (tertiary/aromatic N) is 7. The second-order valence-corrected chi connectivity index (χ2v) is 13.8. The summed E-state index contributed by atoms with van der Waals surface area (Å²) in [6.45, 7) is 9.08. The van der Waals surface area contributed by atoms with Crippen LogP contribution in [0.3, 0.4) is 0 Å². The van der Waals surface area contributed by atoms with Crippen LogP contribution in [-0.2, 0) is 41.4 Å². The van der Waals surface area contributed by atoms with Gasteiger partial charge in [0.25, 0.3) is 0 Å². The van der Waals surface area contributed by atoms with E-state index in [1.54, 1.807) is 29.2 Å². The Kier molecular flexibility index (Phi) is 8.75. The molecule has 0 unspecified atom stereocenters. The number of carbonyl (C=O) groups excluding carboxylic acids is 1. The highest BCUT2D eigenvalue weighted by Gasteiger charge is 2.35. The molecular formula is C34H39N7O4S. The lowest BCUT2D eigenvalue weighted by atomic mass is 9.82. The molecule has 4 heterocycles. The molecule has 1 aliphatic rings. The minimum Gasteiger partial charge on any atom is -0.472 e. The van der Waals surface area contributed by atoms with Crippen LogP contribution < -0.4 is 4.74 Å². The van der Waals surface area contributed by atoms with Crippen LogP contribution in [0.2, 0.25) is 0 Å². The van der Waals surface area contributed by atoms with Gasteiger partial charge in [-0.25, -0.2) is 18.1 Å². The number of pyridine rings is 1. The molecule has 240 valence electrons. The van der Waals surface area contributed by atoms with E-state index in [0.717, 1.165) is 44.5 Å². The fourth-order valence-corrected chi connectivity index (χ4v) is 7.75. The maximum Gasteiger partial charge on any atom is 0.248 e. The SMILES string of the molecule is CC[C@@H]1CN(Cc2cc([C@H](CC(=O)Cc3ccnn3C)c3ccc4c(nnn4CC)c3C)ccc2C)S(=O)(=O)c2cccnc2O1. The van der Waals surface area contributed by atoms with Gasteiger partial charge in [0.15, 0.2) is 0 Å². The van der Waals surface area contributed by atoms with Crippen LogP contribution in [0.5, 0.6) is 5.88 Å². The molecule has 2 atom stereocenters. The van der Waals surface area contributed by atoms with Gasteiger partial charge in [-0.1, -0.05) is 36.4 Å². The Bertz CT molecular complexity index is 2020. The molecule has 0 saturated heterocycles. The molecule has 3 aromatic heterocycles. The van der Waals surface area contributed by atoms with Gasteiger partial charge in [0.2, 0.25) is 15.9 Å². The minimum absolute atomic E-state index is 0.0717. The molecule has 0 spiro atoms. The highest BCUT2D eigenvalue weighted by atomic mass is 32.2. The molecule has 0 N–H and O–H groups in total. The van der Waals surface area contributed by atoms with Crippen LogP contribution in [0.1, 0.15) is 66.1 Å². The van der Waals surface area contributed by atoms with E-state index in [0.29, 0.717) is 13.0 Å². The van der Waals surface area contributed by atoms with Crippen molar-refractivity contribution in [1.29, 1.82) is 0 Å². The largest absolute Gasteiger partial charge is 0.472 e. The lowest BCUT2D eigenvalue weighted by molar-refractivity contribution is -0.118. The lowest BCUT2D eigenvalue weighted by Crippen LogP contribution is -2.36. The monoisotopic (exact) mass is 641 g/mol. The molecular weight excluding hydrogens is 602 g/mol. The Morgan fingerprint density at radius 2 is 1.91 bits per heavy atom. The van der Waals surface area contributed by atoms with Crippen molar-refractivity contribution in [2.24, 2.45) is 7.05 Å². The molecule has 1 aliphatic heterocycles. The molecule has 0 radical (unpaired) electrons. The average Bonchev–Trinajstić information content (AvgIpc) is 3.63. The van der Waals surface area contributed by atoms with Crippen molar-refractivity contribution in [3.8, 4) is 5.88 Å². The summed E-state index contributed by atoms with van der Waals surface area (Å²) in [6.07, 6.45) is 4.05. The molecule has 0 amide bonds. The third-order valence-corrected chi connectivity index (χ3v) is 10.8. The van der Waals surface area contributed by atoms with Crippen LogP contribution in [-0.4, -0.2) is 60.9 Å². The quantitative estimate of drug-likeness (QED) is 0.211. The van der Waals surface area contributed by atoms with E-state index in [1.807, 2.05) is 63.7 Å². The summed E-state index contributed by atoms with van der Waals surface area (Å²) in [5, 5.41) is 13.0. The van der Waals surface area contributed by atoms with Crippen molar-refractivity contribution >= 4 is 26.8 Å². The molecule has 0 saturated carbocycles.